The molecule has 0 bridgehead atoms. The SMILES string of the molecule is COc1ccc(/C=N/N2CCCC2C(=O)Nc2c(Cl)cccc2Cl)cc1OC. The van der Waals surface area contributed by atoms with E-state index in [0.717, 1.165) is 12.0 Å². The fourth-order valence-electron chi connectivity index (χ4n) is 3.05. The molecule has 2 aromatic carbocycles. The summed E-state index contributed by atoms with van der Waals surface area (Å²) in [5, 5.41) is 9.90. The standard InChI is InChI=1S/C20H21Cl2N3O3/c1-27-17-9-8-13(11-18(17)28-2)12-23-25-10-4-7-16(25)20(26)24-19-14(21)5-3-6-15(19)22/h3,5-6,8-9,11-12,16H,4,7,10H2,1-2H3,(H,24,26)/b23-12+. The van der Waals surface area contributed by atoms with Gasteiger partial charge in [0.25, 0.3) is 0 Å². The molecule has 148 valence electrons. The number of carbonyl (C=O) groups is 1. The molecule has 1 unspecified atom stereocenters. The van der Waals surface area contributed by atoms with E-state index in [1.807, 2.05) is 18.2 Å². The van der Waals surface area contributed by atoms with E-state index < -0.39 is 0 Å². The van der Waals surface area contributed by atoms with Crippen molar-refractivity contribution < 1.29 is 14.3 Å². The van der Waals surface area contributed by atoms with Gasteiger partial charge in [-0.1, -0.05) is 29.3 Å². The molecular weight excluding hydrogens is 401 g/mol. The highest BCUT2D eigenvalue weighted by Crippen LogP contribution is 2.31. The molecule has 1 amide bonds. The summed E-state index contributed by atoms with van der Waals surface area (Å²) in [5.74, 6) is 1.09. The maximum absolute atomic E-state index is 12.7. The number of para-hydroxylation sites is 1. The van der Waals surface area contributed by atoms with Crippen molar-refractivity contribution in [1.29, 1.82) is 0 Å². The Hall–Kier alpha value is -2.44. The minimum atomic E-state index is -0.385. The third-order valence-corrected chi connectivity index (χ3v) is 5.13. The third-order valence-electron chi connectivity index (χ3n) is 4.50. The van der Waals surface area contributed by atoms with Crippen LogP contribution in [0.1, 0.15) is 18.4 Å². The van der Waals surface area contributed by atoms with Crippen molar-refractivity contribution >= 4 is 41.0 Å². The van der Waals surface area contributed by atoms with E-state index in [9.17, 15) is 4.79 Å². The molecule has 1 aliphatic heterocycles. The summed E-state index contributed by atoms with van der Waals surface area (Å²) in [6.07, 6.45) is 3.28. The molecular formula is C20H21Cl2N3O3. The molecule has 2 aromatic rings. The average molecular weight is 422 g/mol. The van der Waals surface area contributed by atoms with Crippen LogP contribution in [0.5, 0.6) is 11.5 Å². The summed E-state index contributed by atoms with van der Waals surface area (Å²) in [4.78, 5) is 12.7. The lowest BCUT2D eigenvalue weighted by atomic mass is 10.2. The van der Waals surface area contributed by atoms with Crippen LogP contribution in [-0.2, 0) is 4.79 Å². The number of hydrazone groups is 1. The van der Waals surface area contributed by atoms with Gasteiger partial charge in [0.05, 0.1) is 36.2 Å². The zero-order valence-corrected chi connectivity index (χ0v) is 17.1. The minimum Gasteiger partial charge on any atom is -0.493 e. The molecule has 0 aliphatic carbocycles. The fourth-order valence-corrected chi connectivity index (χ4v) is 3.55. The quantitative estimate of drug-likeness (QED) is 0.699. The topological polar surface area (TPSA) is 63.2 Å². The molecule has 1 saturated heterocycles. The number of carbonyl (C=O) groups excluding carboxylic acids is 1. The molecule has 0 radical (unpaired) electrons. The van der Waals surface area contributed by atoms with Crippen molar-refractivity contribution in [3.63, 3.8) is 0 Å². The first kappa shape index (κ1) is 20.3. The van der Waals surface area contributed by atoms with Gasteiger partial charge in [-0.05, 0) is 48.7 Å². The zero-order valence-electron chi connectivity index (χ0n) is 15.6. The second kappa shape index (κ2) is 9.17. The van der Waals surface area contributed by atoms with E-state index in [1.54, 1.807) is 43.6 Å². The van der Waals surface area contributed by atoms with Crippen LogP contribution in [0.4, 0.5) is 5.69 Å². The van der Waals surface area contributed by atoms with Crippen LogP contribution in [0.2, 0.25) is 10.0 Å². The first-order chi connectivity index (χ1) is 13.5. The molecule has 1 N–H and O–H groups in total. The largest absolute Gasteiger partial charge is 0.493 e. The summed E-state index contributed by atoms with van der Waals surface area (Å²) >= 11 is 12.3. The highest BCUT2D eigenvalue weighted by Gasteiger charge is 2.30. The van der Waals surface area contributed by atoms with Crippen LogP contribution in [0.15, 0.2) is 41.5 Å². The van der Waals surface area contributed by atoms with E-state index in [0.29, 0.717) is 40.2 Å². The normalized spacial score (nSPS) is 16.4. The number of hydrogen-bond acceptors (Lipinski definition) is 5. The van der Waals surface area contributed by atoms with Gasteiger partial charge in [-0.25, -0.2) is 0 Å². The second-order valence-electron chi connectivity index (χ2n) is 6.27. The maximum Gasteiger partial charge on any atom is 0.248 e. The number of amides is 1. The second-order valence-corrected chi connectivity index (χ2v) is 7.08. The number of anilines is 1. The summed E-state index contributed by atoms with van der Waals surface area (Å²) in [6, 6.07) is 10.2. The van der Waals surface area contributed by atoms with Crippen molar-refractivity contribution in [2.24, 2.45) is 5.10 Å². The number of hydrogen-bond donors (Lipinski definition) is 1. The molecule has 28 heavy (non-hydrogen) atoms. The monoisotopic (exact) mass is 421 g/mol. The summed E-state index contributed by atoms with van der Waals surface area (Å²) < 4.78 is 10.5. The zero-order chi connectivity index (χ0) is 20.1. The molecule has 0 saturated carbocycles. The lowest BCUT2D eigenvalue weighted by molar-refractivity contribution is -0.120. The predicted molar refractivity (Wildman–Crippen MR) is 112 cm³/mol. The van der Waals surface area contributed by atoms with Gasteiger partial charge in [0.1, 0.15) is 6.04 Å². The van der Waals surface area contributed by atoms with Crippen molar-refractivity contribution in [1.82, 2.24) is 5.01 Å². The Kier molecular flexibility index (Phi) is 6.65. The predicted octanol–water partition coefficient (Wildman–Crippen LogP) is 4.45. The number of rotatable bonds is 6. The Labute approximate surface area is 174 Å². The number of nitrogens with one attached hydrogen (secondary N) is 1. The number of halogens is 2. The van der Waals surface area contributed by atoms with E-state index in [-0.39, 0.29) is 11.9 Å². The number of benzene rings is 2. The van der Waals surface area contributed by atoms with Crippen LogP contribution < -0.4 is 14.8 Å². The Morgan fingerprint density at radius 1 is 1.18 bits per heavy atom. The minimum absolute atomic E-state index is 0.183. The average Bonchev–Trinajstić information content (AvgIpc) is 3.17. The van der Waals surface area contributed by atoms with Gasteiger partial charge in [0.15, 0.2) is 11.5 Å². The number of ether oxygens (including phenoxy) is 2. The Balaban J connectivity index is 1.72. The Bertz CT molecular complexity index is 869. The van der Waals surface area contributed by atoms with Gasteiger partial charge >= 0.3 is 0 Å². The van der Waals surface area contributed by atoms with Crippen molar-refractivity contribution in [2.75, 3.05) is 26.1 Å². The number of methoxy groups -OCH3 is 2. The fraction of sp³-hybridized carbons (Fsp3) is 0.300. The van der Waals surface area contributed by atoms with E-state index in [1.165, 1.54) is 0 Å². The number of nitrogens with zero attached hydrogens (tertiary/aromatic N) is 2. The van der Waals surface area contributed by atoms with E-state index >= 15 is 0 Å². The molecule has 1 heterocycles. The van der Waals surface area contributed by atoms with Crippen molar-refractivity contribution in [3.8, 4) is 11.5 Å². The highest BCUT2D eigenvalue weighted by molar-refractivity contribution is 6.39. The van der Waals surface area contributed by atoms with Gasteiger partial charge in [-0.3, -0.25) is 9.80 Å². The lowest BCUT2D eigenvalue weighted by Gasteiger charge is -2.21. The summed E-state index contributed by atoms with van der Waals surface area (Å²) in [5.41, 5.74) is 1.27. The van der Waals surface area contributed by atoms with E-state index in [4.69, 9.17) is 32.7 Å². The highest BCUT2D eigenvalue weighted by atomic mass is 35.5. The third kappa shape index (κ3) is 4.51. The van der Waals surface area contributed by atoms with Gasteiger partial charge < -0.3 is 14.8 Å². The lowest BCUT2D eigenvalue weighted by Crippen LogP contribution is -2.36. The molecule has 0 aromatic heterocycles. The van der Waals surface area contributed by atoms with Gasteiger partial charge in [-0.15, -0.1) is 0 Å². The molecule has 1 aliphatic rings. The molecule has 8 heteroatoms. The van der Waals surface area contributed by atoms with Crippen LogP contribution in [0.3, 0.4) is 0 Å². The molecule has 0 spiro atoms. The Morgan fingerprint density at radius 2 is 1.89 bits per heavy atom. The first-order valence-electron chi connectivity index (χ1n) is 8.81. The van der Waals surface area contributed by atoms with Gasteiger partial charge in [-0.2, -0.15) is 5.10 Å². The van der Waals surface area contributed by atoms with Crippen molar-refractivity contribution in [3.05, 3.63) is 52.0 Å². The van der Waals surface area contributed by atoms with Crippen LogP contribution in [0, 0.1) is 0 Å². The van der Waals surface area contributed by atoms with E-state index in [2.05, 4.69) is 10.4 Å². The molecule has 1 fully saturated rings. The maximum atomic E-state index is 12.7. The first-order valence-corrected chi connectivity index (χ1v) is 9.56. The molecule has 1 atom stereocenters. The molecule has 3 rings (SSSR count). The Morgan fingerprint density at radius 3 is 2.57 bits per heavy atom. The van der Waals surface area contributed by atoms with Crippen LogP contribution in [0.25, 0.3) is 0 Å². The molecule has 6 nitrogen and oxygen atoms in total. The van der Waals surface area contributed by atoms with Crippen LogP contribution >= 0.6 is 23.2 Å². The summed E-state index contributed by atoms with van der Waals surface area (Å²) in [7, 11) is 3.17. The van der Waals surface area contributed by atoms with Crippen LogP contribution in [-0.4, -0.2) is 43.9 Å². The smallest absolute Gasteiger partial charge is 0.248 e. The van der Waals surface area contributed by atoms with Gasteiger partial charge in [0.2, 0.25) is 5.91 Å². The van der Waals surface area contributed by atoms with Crippen molar-refractivity contribution in [2.45, 2.75) is 18.9 Å². The summed E-state index contributed by atoms with van der Waals surface area (Å²) in [6.45, 7) is 0.693. The van der Waals surface area contributed by atoms with Gasteiger partial charge in [0, 0.05) is 6.54 Å².